The number of carbonyl (C=O) groups is 2. The molecular weight excluding hydrogens is 292 g/mol. The predicted octanol–water partition coefficient (Wildman–Crippen LogP) is 2.23. The Morgan fingerprint density at radius 2 is 1.43 bits per heavy atom. The van der Waals surface area contributed by atoms with Crippen LogP contribution in [0, 0.1) is 0 Å². The van der Waals surface area contributed by atoms with E-state index < -0.39 is 11.9 Å². The average molecular weight is 308 g/mol. The number of hydrogen-bond acceptors (Lipinski definition) is 2. The van der Waals surface area contributed by atoms with Crippen molar-refractivity contribution in [3.63, 3.8) is 0 Å². The molecule has 23 heavy (non-hydrogen) atoms. The molecule has 6 heteroatoms. The molecule has 0 unspecified atom stereocenters. The Morgan fingerprint density at radius 1 is 0.957 bits per heavy atom. The van der Waals surface area contributed by atoms with E-state index in [9.17, 15) is 9.59 Å². The number of amides is 3. The van der Waals surface area contributed by atoms with Gasteiger partial charge in [-0.2, -0.15) is 4.79 Å². The molecule has 0 atom stereocenters. The molecule has 2 rings (SSSR count). The van der Waals surface area contributed by atoms with E-state index in [0.717, 1.165) is 11.1 Å². The Hall–Kier alpha value is -3.24. The van der Waals surface area contributed by atoms with E-state index in [0.29, 0.717) is 19.3 Å². The first kappa shape index (κ1) is 16.1. The summed E-state index contributed by atoms with van der Waals surface area (Å²) in [6.07, 6.45) is 0.640. The van der Waals surface area contributed by atoms with Gasteiger partial charge in [-0.25, -0.2) is 4.79 Å². The van der Waals surface area contributed by atoms with Gasteiger partial charge in [0.1, 0.15) is 0 Å². The van der Waals surface area contributed by atoms with Crippen LogP contribution in [0.25, 0.3) is 5.53 Å². The van der Waals surface area contributed by atoms with Gasteiger partial charge in [0.15, 0.2) is 0 Å². The van der Waals surface area contributed by atoms with Crippen molar-refractivity contribution in [1.82, 2.24) is 10.2 Å². The highest BCUT2D eigenvalue weighted by Gasteiger charge is 2.17. The van der Waals surface area contributed by atoms with Crippen LogP contribution < -0.4 is 5.32 Å². The van der Waals surface area contributed by atoms with Crippen LogP contribution >= 0.6 is 0 Å². The largest absolute Gasteiger partial charge is 0.361 e. The Morgan fingerprint density at radius 3 is 1.87 bits per heavy atom. The maximum Gasteiger partial charge on any atom is 0.345 e. The van der Waals surface area contributed by atoms with Gasteiger partial charge in [-0.05, 0) is 11.1 Å². The second-order valence-electron chi connectivity index (χ2n) is 4.87. The molecule has 0 aliphatic carbocycles. The van der Waals surface area contributed by atoms with Gasteiger partial charge in [-0.1, -0.05) is 60.7 Å². The summed E-state index contributed by atoms with van der Waals surface area (Å²) in [7, 11) is 0. The van der Waals surface area contributed by atoms with Gasteiger partial charge in [0.25, 0.3) is 0 Å². The van der Waals surface area contributed by atoms with E-state index in [2.05, 4.69) is 10.1 Å². The van der Waals surface area contributed by atoms with E-state index in [1.165, 1.54) is 4.90 Å². The third kappa shape index (κ3) is 5.22. The summed E-state index contributed by atoms with van der Waals surface area (Å²) in [5, 5.41) is 2.16. The molecule has 1 N–H and O–H groups in total. The van der Waals surface area contributed by atoms with Crippen molar-refractivity contribution in [1.29, 1.82) is 0 Å². The lowest BCUT2D eigenvalue weighted by Crippen LogP contribution is -2.42. The number of nitrogens with one attached hydrogen (secondary N) is 1. The molecular formula is C17H16N4O2. The summed E-state index contributed by atoms with van der Waals surface area (Å²) < 4.78 is 0. The highest BCUT2D eigenvalue weighted by molar-refractivity contribution is 6.27. The molecule has 6 nitrogen and oxygen atoms in total. The molecule has 0 spiro atoms. The molecule has 2 aromatic rings. The smallest absolute Gasteiger partial charge is 0.345 e. The molecule has 0 fully saturated rings. The third-order valence-electron chi connectivity index (χ3n) is 3.12. The van der Waals surface area contributed by atoms with Crippen molar-refractivity contribution in [3.8, 4) is 0 Å². The molecule has 0 saturated heterocycles. The maximum atomic E-state index is 12.3. The molecule has 0 bridgehead atoms. The molecule has 3 amide bonds. The zero-order valence-electron chi connectivity index (χ0n) is 12.4. The SMILES string of the molecule is [N-]=[N+]=CC(=O)NC(=O)N(Cc1ccccc1)Cc1ccccc1. The van der Waals surface area contributed by atoms with E-state index in [1.54, 1.807) is 0 Å². The lowest BCUT2D eigenvalue weighted by Gasteiger charge is -2.22. The monoisotopic (exact) mass is 308 g/mol. The summed E-state index contributed by atoms with van der Waals surface area (Å²) in [4.78, 5) is 27.8. The van der Waals surface area contributed by atoms with Crippen molar-refractivity contribution in [2.75, 3.05) is 0 Å². The molecule has 0 heterocycles. The van der Waals surface area contributed by atoms with Crippen molar-refractivity contribution in [2.45, 2.75) is 13.1 Å². The van der Waals surface area contributed by atoms with Crippen molar-refractivity contribution < 1.29 is 14.4 Å². The summed E-state index contributed by atoms with van der Waals surface area (Å²) in [5.74, 6) is -0.774. The summed E-state index contributed by atoms with van der Waals surface area (Å²) in [5.41, 5.74) is 10.2. The van der Waals surface area contributed by atoms with Gasteiger partial charge in [0.05, 0.1) is 0 Å². The Balaban J connectivity index is 2.14. The minimum Gasteiger partial charge on any atom is -0.361 e. The summed E-state index contributed by atoms with van der Waals surface area (Å²) in [6.45, 7) is 0.705. The number of nitrogens with zero attached hydrogens (tertiary/aromatic N) is 3. The number of carbonyl (C=O) groups excluding carboxylic acids is 2. The normalized spacial score (nSPS) is 9.57. The number of rotatable bonds is 5. The lowest BCUT2D eigenvalue weighted by molar-refractivity contribution is -0.117. The van der Waals surface area contributed by atoms with Crippen LogP contribution in [0.5, 0.6) is 0 Å². The lowest BCUT2D eigenvalue weighted by atomic mass is 10.2. The first-order valence-corrected chi connectivity index (χ1v) is 7.04. The minimum absolute atomic E-state index is 0.352. The number of hydrogen-bond donors (Lipinski definition) is 1. The molecule has 0 aromatic heterocycles. The molecule has 0 aliphatic rings. The number of urea groups is 1. The van der Waals surface area contributed by atoms with E-state index in [4.69, 9.17) is 5.53 Å². The highest BCUT2D eigenvalue weighted by atomic mass is 16.2. The van der Waals surface area contributed by atoms with Crippen LogP contribution in [0.3, 0.4) is 0 Å². The maximum absolute atomic E-state index is 12.3. The van der Waals surface area contributed by atoms with E-state index >= 15 is 0 Å². The quantitative estimate of drug-likeness (QED) is 0.521. The second kappa shape index (κ2) is 8.26. The van der Waals surface area contributed by atoms with Crippen LogP contribution in [0.15, 0.2) is 60.7 Å². The Kier molecular flexibility index (Phi) is 5.80. The van der Waals surface area contributed by atoms with Gasteiger partial charge in [-0.3, -0.25) is 10.1 Å². The summed E-state index contributed by atoms with van der Waals surface area (Å²) in [6, 6.07) is 18.4. The molecule has 0 radical (unpaired) electrons. The van der Waals surface area contributed by atoms with Gasteiger partial charge in [0, 0.05) is 13.1 Å². The van der Waals surface area contributed by atoms with Crippen molar-refractivity contribution in [3.05, 3.63) is 77.3 Å². The Bertz CT molecular complexity index is 668. The molecule has 2 aromatic carbocycles. The van der Waals surface area contributed by atoms with E-state index in [1.807, 2.05) is 60.7 Å². The van der Waals surface area contributed by atoms with Crippen LogP contribution in [-0.2, 0) is 17.9 Å². The second-order valence-corrected chi connectivity index (χ2v) is 4.87. The predicted molar refractivity (Wildman–Crippen MR) is 85.4 cm³/mol. The standard InChI is InChI=1S/C17H16N4O2/c18-19-11-16(22)20-17(23)21(12-14-7-3-1-4-8-14)13-15-9-5-2-6-10-15/h1-11H,12-13H2,(H,20,22,23). The number of benzene rings is 2. The van der Waals surface area contributed by atoms with Crippen LogP contribution in [0.1, 0.15) is 11.1 Å². The zero-order chi connectivity index (χ0) is 16.5. The van der Waals surface area contributed by atoms with Gasteiger partial charge in [-0.15, -0.1) is 0 Å². The van der Waals surface area contributed by atoms with E-state index in [-0.39, 0.29) is 0 Å². The van der Waals surface area contributed by atoms with Gasteiger partial charge >= 0.3 is 18.2 Å². The van der Waals surface area contributed by atoms with Crippen LogP contribution in [0.2, 0.25) is 0 Å². The minimum atomic E-state index is -0.774. The van der Waals surface area contributed by atoms with Crippen molar-refractivity contribution >= 4 is 18.2 Å². The first-order chi connectivity index (χ1) is 11.2. The summed E-state index contributed by atoms with van der Waals surface area (Å²) >= 11 is 0. The highest BCUT2D eigenvalue weighted by Crippen LogP contribution is 2.10. The van der Waals surface area contributed by atoms with Crippen molar-refractivity contribution in [2.24, 2.45) is 0 Å². The topological polar surface area (TPSA) is 85.8 Å². The fourth-order valence-electron chi connectivity index (χ4n) is 2.08. The first-order valence-electron chi connectivity index (χ1n) is 7.04. The molecule has 116 valence electrons. The zero-order valence-corrected chi connectivity index (χ0v) is 12.4. The van der Waals surface area contributed by atoms with Gasteiger partial charge in [0.2, 0.25) is 0 Å². The fourth-order valence-corrected chi connectivity index (χ4v) is 2.08. The fraction of sp³-hybridized carbons (Fsp3) is 0.118. The molecule has 0 aliphatic heterocycles. The average Bonchev–Trinajstić information content (AvgIpc) is 2.56. The Labute approximate surface area is 134 Å². The number of imide groups is 1. The van der Waals surface area contributed by atoms with Crippen LogP contribution in [0.4, 0.5) is 4.79 Å². The third-order valence-corrected chi connectivity index (χ3v) is 3.12. The van der Waals surface area contributed by atoms with Crippen LogP contribution in [-0.4, -0.2) is 27.8 Å². The van der Waals surface area contributed by atoms with Gasteiger partial charge < -0.3 is 10.4 Å². The molecule has 0 saturated carbocycles.